The number of nitrogens with one attached hydrogen (secondary N) is 3. The van der Waals surface area contributed by atoms with Crippen molar-refractivity contribution in [3.05, 3.63) is 35.5 Å². The number of para-hydroxylation sites is 1. The lowest BCUT2D eigenvalue weighted by Crippen LogP contribution is -2.48. The second kappa shape index (κ2) is 11.3. The molecule has 7 heteroatoms. The van der Waals surface area contributed by atoms with Crippen molar-refractivity contribution in [2.24, 2.45) is 4.99 Å². The van der Waals surface area contributed by atoms with Crippen LogP contribution in [0.4, 0.5) is 0 Å². The molecule has 3 N–H and O–H groups in total. The van der Waals surface area contributed by atoms with Crippen molar-refractivity contribution in [3.63, 3.8) is 0 Å². The molecule has 1 aliphatic heterocycles. The molecule has 1 aromatic heterocycles. The number of guanidine groups is 1. The Hall–Kier alpha value is -0.930. The Balaban J connectivity index is 0.00000280. The summed E-state index contributed by atoms with van der Waals surface area (Å²) in [5, 5.41) is 8.34. The van der Waals surface area contributed by atoms with E-state index in [0.717, 1.165) is 57.3 Å². The molecule has 2 aromatic rings. The van der Waals surface area contributed by atoms with Gasteiger partial charge in [0.05, 0.1) is 0 Å². The largest absolute Gasteiger partial charge is 0.381 e. The topological polar surface area (TPSA) is 61.4 Å². The Labute approximate surface area is 189 Å². The molecular formula is C21H33IN4OS. The number of aromatic amines is 1. The normalized spacial score (nSPS) is 16.6. The predicted octanol–water partition coefficient (Wildman–Crippen LogP) is 4.10. The Kier molecular flexibility index (Phi) is 9.43. The zero-order valence-corrected chi connectivity index (χ0v) is 20.3. The highest BCUT2D eigenvalue weighted by molar-refractivity contribution is 14.0. The highest BCUT2D eigenvalue weighted by Crippen LogP contribution is 2.34. The van der Waals surface area contributed by atoms with Crippen molar-refractivity contribution in [1.29, 1.82) is 0 Å². The van der Waals surface area contributed by atoms with E-state index in [4.69, 9.17) is 4.74 Å². The molecule has 1 saturated heterocycles. The molecule has 0 unspecified atom stereocenters. The van der Waals surface area contributed by atoms with Gasteiger partial charge in [0.25, 0.3) is 0 Å². The Bertz CT molecular complexity index is 765. The highest BCUT2D eigenvalue weighted by Gasteiger charge is 2.32. The molecule has 5 nitrogen and oxygen atoms in total. The van der Waals surface area contributed by atoms with Crippen molar-refractivity contribution in [3.8, 4) is 0 Å². The van der Waals surface area contributed by atoms with Crippen molar-refractivity contribution in [2.45, 2.75) is 37.9 Å². The molecule has 2 heterocycles. The molecule has 156 valence electrons. The first-order chi connectivity index (χ1) is 13.2. The van der Waals surface area contributed by atoms with E-state index in [0.29, 0.717) is 0 Å². The second-order valence-corrected chi connectivity index (χ2v) is 8.87. The Morgan fingerprint density at radius 3 is 2.79 bits per heavy atom. The average Bonchev–Trinajstić information content (AvgIpc) is 3.10. The molecule has 0 atom stereocenters. The fourth-order valence-electron chi connectivity index (χ4n) is 3.77. The van der Waals surface area contributed by atoms with Crippen LogP contribution in [0, 0.1) is 6.92 Å². The molecule has 0 spiro atoms. The van der Waals surface area contributed by atoms with E-state index in [9.17, 15) is 0 Å². The summed E-state index contributed by atoms with van der Waals surface area (Å²) >= 11 is 2.05. The molecule has 0 aliphatic carbocycles. The first-order valence-electron chi connectivity index (χ1n) is 9.89. The lowest BCUT2D eigenvalue weighted by atomic mass is 9.99. The molecule has 0 saturated carbocycles. The number of hydrogen-bond acceptors (Lipinski definition) is 3. The third-order valence-electron chi connectivity index (χ3n) is 5.35. The smallest absolute Gasteiger partial charge is 0.191 e. The maximum atomic E-state index is 5.56. The quantitative estimate of drug-likeness (QED) is 0.295. The van der Waals surface area contributed by atoms with Crippen LogP contribution in [0.2, 0.25) is 0 Å². The van der Waals surface area contributed by atoms with E-state index < -0.39 is 0 Å². The van der Waals surface area contributed by atoms with Gasteiger partial charge in [-0.1, -0.05) is 25.1 Å². The van der Waals surface area contributed by atoms with Gasteiger partial charge in [-0.05, 0) is 43.1 Å². The van der Waals surface area contributed by atoms with Crippen LogP contribution in [0.3, 0.4) is 0 Å². The van der Waals surface area contributed by atoms with Crippen molar-refractivity contribution >= 4 is 52.6 Å². The molecule has 1 aliphatic rings. The van der Waals surface area contributed by atoms with Crippen LogP contribution in [-0.4, -0.2) is 54.8 Å². The number of hydrogen-bond donors (Lipinski definition) is 3. The minimum Gasteiger partial charge on any atom is -0.381 e. The standard InChI is InChI=1S/C21H32N4OS.HI/c1-4-27-21(9-12-26-13-10-21)15-25-20(22-3)23-11-8-17-14-24-19-16(2)6-5-7-18(17)19;/h5-7,14,24H,4,8-13,15H2,1-3H3,(H2,22,23,25);1H. The highest BCUT2D eigenvalue weighted by atomic mass is 127. The monoisotopic (exact) mass is 516 g/mol. The lowest BCUT2D eigenvalue weighted by Gasteiger charge is -2.37. The number of halogens is 1. The zero-order valence-electron chi connectivity index (χ0n) is 17.1. The van der Waals surface area contributed by atoms with Gasteiger partial charge in [0, 0.05) is 55.2 Å². The second-order valence-electron chi connectivity index (χ2n) is 7.14. The summed E-state index contributed by atoms with van der Waals surface area (Å²) in [4.78, 5) is 7.81. The number of benzene rings is 1. The number of thioether (sulfide) groups is 1. The average molecular weight is 516 g/mol. The molecule has 0 bridgehead atoms. The minimum atomic E-state index is 0. The molecule has 1 fully saturated rings. The van der Waals surface area contributed by atoms with Gasteiger partial charge in [-0.2, -0.15) is 11.8 Å². The Morgan fingerprint density at radius 2 is 2.07 bits per heavy atom. The van der Waals surface area contributed by atoms with Gasteiger partial charge in [-0.25, -0.2) is 0 Å². The summed E-state index contributed by atoms with van der Waals surface area (Å²) in [7, 11) is 1.84. The van der Waals surface area contributed by atoms with E-state index in [2.05, 4.69) is 58.9 Å². The summed E-state index contributed by atoms with van der Waals surface area (Å²) < 4.78 is 5.83. The fraction of sp³-hybridized carbons (Fsp3) is 0.571. The Morgan fingerprint density at radius 1 is 1.29 bits per heavy atom. The maximum absolute atomic E-state index is 5.56. The van der Waals surface area contributed by atoms with Crippen LogP contribution >= 0.6 is 35.7 Å². The molecule has 1 aromatic carbocycles. The number of aliphatic imine (C=N–C) groups is 1. The zero-order chi connectivity index (χ0) is 19.1. The van der Waals surface area contributed by atoms with Crippen molar-refractivity contribution in [2.75, 3.05) is 39.1 Å². The number of H-pyrrole nitrogens is 1. The van der Waals surface area contributed by atoms with Gasteiger partial charge in [-0.3, -0.25) is 4.99 Å². The number of aryl methyl sites for hydroxylation is 1. The van der Waals surface area contributed by atoms with Crippen LogP contribution in [0.25, 0.3) is 10.9 Å². The third-order valence-corrected chi connectivity index (χ3v) is 6.81. The summed E-state index contributed by atoms with van der Waals surface area (Å²) in [5.74, 6) is 2.02. The first-order valence-corrected chi connectivity index (χ1v) is 10.9. The van der Waals surface area contributed by atoms with E-state index in [1.807, 2.05) is 18.8 Å². The lowest BCUT2D eigenvalue weighted by molar-refractivity contribution is 0.0782. The first kappa shape index (κ1) is 23.3. The summed E-state index contributed by atoms with van der Waals surface area (Å²) in [5.41, 5.74) is 3.88. The van der Waals surface area contributed by atoms with E-state index >= 15 is 0 Å². The van der Waals surface area contributed by atoms with Crippen molar-refractivity contribution in [1.82, 2.24) is 15.6 Å². The van der Waals surface area contributed by atoms with E-state index in [1.165, 1.54) is 22.0 Å². The third kappa shape index (κ3) is 5.79. The SMILES string of the molecule is CCSC1(CNC(=NC)NCCc2c[nH]c3c(C)cccc23)CCOCC1.I. The number of fused-ring (bicyclic) bond motifs is 1. The minimum absolute atomic E-state index is 0. The molecule has 28 heavy (non-hydrogen) atoms. The van der Waals surface area contributed by atoms with Crippen LogP contribution < -0.4 is 10.6 Å². The summed E-state index contributed by atoms with van der Waals surface area (Å²) in [6.45, 7) is 7.89. The number of ether oxygens (including phenoxy) is 1. The van der Waals surface area contributed by atoms with Crippen LogP contribution in [-0.2, 0) is 11.2 Å². The van der Waals surface area contributed by atoms with Crippen LogP contribution in [0.5, 0.6) is 0 Å². The molecule has 3 rings (SSSR count). The predicted molar refractivity (Wildman–Crippen MR) is 132 cm³/mol. The summed E-state index contributed by atoms with van der Waals surface area (Å²) in [6, 6.07) is 6.47. The van der Waals surface area contributed by atoms with Gasteiger partial charge >= 0.3 is 0 Å². The molecular weight excluding hydrogens is 483 g/mol. The molecule has 0 amide bonds. The van der Waals surface area contributed by atoms with Gasteiger partial charge < -0.3 is 20.4 Å². The van der Waals surface area contributed by atoms with Crippen molar-refractivity contribution < 1.29 is 4.74 Å². The maximum Gasteiger partial charge on any atom is 0.191 e. The number of rotatable bonds is 7. The van der Waals surface area contributed by atoms with Crippen LogP contribution in [0.15, 0.2) is 29.4 Å². The number of aromatic nitrogens is 1. The van der Waals surface area contributed by atoms with Gasteiger partial charge in [0.15, 0.2) is 5.96 Å². The summed E-state index contributed by atoms with van der Waals surface area (Å²) in [6.07, 6.45) is 5.30. The van der Waals surface area contributed by atoms with Gasteiger partial charge in [-0.15, -0.1) is 24.0 Å². The van der Waals surface area contributed by atoms with E-state index in [1.54, 1.807) is 0 Å². The van der Waals surface area contributed by atoms with Crippen LogP contribution in [0.1, 0.15) is 30.9 Å². The fourth-order valence-corrected chi connectivity index (χ4v) is 5.02. The van der Waals surface area contributed by atoms with Gasteiger partial charge in [0.1, 0.15) is 0 Å². The molecule has 0 radical (unpaired) electrons. The van der Waals surface area contributed by atoms with E-state index in [-0.39, 0.29) is 28.7 Å². The number of nitrogens with zero attached hydrogens (tertiary/aromatic N) is 1. The van der Waals surface area contributed by atoms with Gasteiger partial charge in [0.2, 0.25) is 0 Å².